The highest BCUT2D eigenvalue weighted by Crippen LogP contribution is 2.21. The molecule has 0 aliphatic heterocycles. The van der Waals surface area contributed by atoms with Crippen LogP contribution in [-0.2, 0) is 11.3 Å². The van der Waals surface area contributed by atoms with Crippen LogP contribution in [-0.4, -0.2) is 27.4 Å². The third-order valence-electron chi connectivity index (χ3n) is 5.56. The largest absolute Gasteiger partial charge is 0.349 e. The van der Waals surface area contributed by atoms with E-state index in [1.54, 1.807) is 30.3 Å². The molecule has 0 radical (unpaired) electrons. The van der Waals surface area contributed by atoms with Gasteiger partial charge in [-0.15, -0.1) is 0 Å². The summed E-state index contributed by atoms with van der Waals surface area (Å²) in [5.41, 5.74) is 2.51. The zero-order chi connectivity index (χ0) is 22.0. The zero-order valence-electron chi connectivity index (χ0n) is 17.2. The molecule has 160 valence electrons. The summed E-state index contributed by atoms with van der Waals surface area (Å²) >= 11 is 6.11. The molecule has 1 aliphatic carbocycles. The van der Waals surface area contributed by atoms with E-state index in [-0.39, 0.29) is 24.4 Å². The van der Waals surface area contributed by atoms with Crippen LogP contribution in [0.1, 0.15) is 41.6 Å². The smallest absolute Gasteiger partial charge is 0.269 e. The van der Waals surface area contributed by atoms with E-state index in [1.807, 2.05) is 13.0 Å². The van der Waals surface area contributed by atoms with E-state index >= 15 is 0 Å². The van der Waals surface area contributed by atoms with E-state index in [0.29, 0.717) is 27.3 Å². The molecule has 1 aliphatic rings. The van der Waals surface area contributed by atoms with E-state index in [0.717, 1.165) is 37.4 Å². The number of carbonyl (C=O) groups is 2. The number of halogens is 1. The Balaban J connectivity index is 1.54. The van der Waals surface area contributed by atoms with Crippen LogP contribution in [0.5, 0.6) is 0 Å². The monoisotopic (exact) mass is 438 g/mol. The summed E-state index contributed by atoms with van der Waals surface area (Å²) in [6.07, 6.45) is 5.43. The van der Waals surface area contributed by atoms with Gasteiger partial charge < -0.3 is 10.6 Å². The van der Waals surface area contributed by atoms with Gasteiger partial charge in [0.15, 0.2) is 0 Å². The Morgan fingerprint density at radius 3 is 2.68 bits per heavy atom. The standard InChI is InChI=1S/C23H23ClN4O3/c1-14-6-8-17(11-18(14)24)26-21(29)13-28-20-9-7-15(10-19(20)25-12-22(28)30)23(31)27-16-4-2-3-5-16/h6-12,16H,2-5,13H2,1H3,(H,26,29)(H,27,31). The molecule has 2 aromatic carbocycles. The average Bonchev–Trinajstić information content (AvgIpc) is 3.25. The Morgan fingerprint density at radius 2 is 1.94 bits per heavy atom. The number of nitrogens with zero attached hydrogens (tertiary/aromatic N) is 2. The van der Waals surface area contributed by atoms with Gasteiger partial charge >= 0.3 is 0 Å². The lowest BCUT2D eigenvalue weighted by Gasteiger charge is -2.13. The third kappa shape index (κ3) is 4.77. The number of rotatable bonds is 5. The van der Waals surface area contributed by atoms with Crippen molar-refractivity contribution in [1.29, 1.82) is 0 Å². The average molecular weight is 439 g/mol. The van der Waals surface area contributed by atoms with Crippen LogP contribution < -0.4 is 16.2 Å². The molecule has 1 saturated carbocycles. The van der Waals surface area contributed by atoms with E-state index in [1.165, 1.54) is 4.57 Å². The molecule has 0 spiro atoms. The first-order valence-corrected chi connectivity index (χ1v) is 10.6. The summed E-state index contributed by atoms with van der Waals surface area (Å²) in [5.74, 6) is -0.514. The van der Waals surface area contributed by atoms with E-state index in [2.05, 4.69) is 15.6 Å². The van der Waals surface area contributed by atoms with Gasteiger partial charge in [-0.2, -0.15) is 0 Å². The van der Waals surface area contributed by atoms with Gasteiger partial charge in [-0.3, -0.25) is 19.0 Å². The third-order valence-corrected chi connectivity index (χ3v) is 5.96. The first-order chi connectivity index (χ1) is 14.9. The molecular formula is C23H23ClN4O3. The van der Waals surface area contributed by atoms with Crippen molar-refractivity contribution in [2.45, 2.75) is 45.2 Å². The van der Waals surface area contributed by atoms with Crippen LogP contribution in [0.15, 0.2) is 47.4 Å². The quantitative estimate of drug-likeness (QED) is 0.635. The van der Waals surface area contributed by atoms with Crippen molar-refractivity contribution < 1.29 is 9.59 Å². The minimum Gasteiger partial charge on any atom is -0.349 e. The number of amides is 2. The topological polar surface area (TPSA) is 93.1 Å². The fourth-order valence-electron chi connectivity index (χ4n) is 3.83. The highest BCUT2D eigenvalue weighted by molar-refractivity contribution is 6.31. The van der Waals surface area contributed by atoms with Crippen LogP contribution in [0, 0.1) is 6.92 Å². The number of hydrogen-bond acceptors (Lipinski definition) is 4. The molecule has 3 aromatic rings. The highest BCUT2D eigenvalue weighted by Gasteiger charge is 2.19. The minimum absolute atomic E-state index is 0.151. The lowest BCUT2D eigenvalue weighted by molar-refractivity contribution is -0.116. The molecule has 0 bridgehead atoms. The zero-order valence-corrected chi connectivity index (χ0v) is 17.9. The van der Waals surface area contributed by atoms with Crippen molar-refractivity contribution in [3.8, 4) is 0 Å². The molecular weight excluding hydrogens is 416 g/mol. The Labute approximate surface area is 184 Å². The van der Waals surface area contributed by atoms with Crippen LogP contribution in [0.3, 0.4) is 0 Å². The van der Waals surface area contributed by atoms with E-state index in [9.17, 15) is 14.4 Å². The number of aromatic nitrogens is 2. The molecule has 1 heterocycles. The van der Waals surface area contributed by atoms with Gasteiger partial charge in [-0.1, -0.05) is 30.5 Å². The van der Waals surface area contributed by atoms with Gasteiger partial charge in [0.25, 0.3) is 11.5 Å². The fourth-order valence-corrected chi connectivity index (χ4v) is 4.01. The second-order valence-corrected chi connectivity index (χ2v) is 8.26. The normalized spacial score (nSPS) is 14.0. The maximum absolute atomic E-state index is 12.5. The summed E-state index contributed by atoms with van der Waals surface area (Å²) in [6.45, 7) is 1.69. The van der Waals surface area contributed by atoms with Gasteiger partial charge in [-0.25, -0.2) is 4.98 Å². The summed E-state index contributed by atoms with van der Waals surface area (Å²) in [7, 11) is 0. The molecule has 8 heteroatoms. The van der Waals surface area contributed by atoms with Gasteiger partial charge in [0.1, 0.15) is 6.54 Å². The maximum atomic E-state index is 12.5. The predicted octanol–water partition coefficient (Wildman–Crippen LogP) is 3.67. The second kappa shape index (κ2) is 8.89. The van der Waals surface area contributed by atoms with Gasteiger partial charge in [-0.05, 0) is 55.7 Å². The number of hydrogen-bond donors (Lipinski definition) is 2. The maximum Gasteiger partial charge on any atom is 0.269 e. The van der Waals surface area contributed by atoms with Crippen LogP contribution in [0.25, 0.3) is 11.0 Å². The fraction of sp³-hybridized carbons (Fsp3) is 0.304. The van der Waals surface area contributed by atoms with Crippen LogP contribution >= 0.6 is 11.6 Å². The summed E-state index contributed by atoms with van der Waals surface area (Å²) in [5, 5.41) is 6.35. The number of aryl methyl sites for hydroxylation is 1. The number of fused-ring (bicyclic) bond motifs is 1. The van der Waals surface area contributed by atoms with Crippen molar-refractivity contribution >= 4 is 40.1 Å². The lowest BCUT2D eigenvalue weighted by Crippen LogP contribution is -2.32. The highest BCUT2D eigenvalue weighted by atomic mass is 35.5. The predicted molar refractivity (Wildman–Crippen MR) is 121 cm³/mol. The lowest BCUT2D eigenvalue weighted by atomic mass is 10.1. The summed E-state index contributed by atoms with van der Waals surface area (Å²) in [4.78, 5) is 41.6. The molecule has 31 heavy (non-hydrogen) atoms. The van der Waals surface area contributed by atoms with E-state index in [4.69, 9.17) is 11.6 Å². The number of carbonyl (C=O) groups excluding carboxylic acids is 2. The Hall–Kier alpha value is -3.19. The molecule has 0 saturated heterocycles. The number of anilines is 1. The van der Waals surface area contributed by atoms with Gasteiger partial charge in [0.05, 0.1) is 17.2 Å². The van der Waals surface area contributed by atoms with Gasteiger partial charge in [0.2, 0.25) is 5.91 Å². The van der Waals surface area contributed by atoms with Crippen molar-refractivity contribution in [1.82, 2.24) is 14.9 Å². The Morgan fingerprint density at radius 1 is 1.16 bits per heavy atom. The molecule has 2 N–H and O–H groups in total. The number of benzene rings is 2. The van der Waals surface area contributed by atoms with Crippen LogP contribution in [0.2, 0.25) is 5.02 Å². The van der Waals surface area contributed by atoms with Gasteiger partial charge in [0, 0.05) is 22.3 Å². The minimum atomic E-state index is -0.396. The summed E-state index contributed by atoms with van der Waals surface area (Å²) < 4.78 is 1.34. The van der Waals surface area contributed by atoms with Crippen molar-refractivity contribution in [3.63, 3.8) is 0 Å². The van der Waals surface area contributed by atoms with Crippen molar-refractivity contribution in [3.05, 3.63) is 69.1 Å². The first-order valence-electron chi connectivity index (χ1n) is 10.3. The SMILES string of the molecule is Cc1ccc(NC(=O)Cn2c(=O)cnc3cc(C(=O)NC4CCCC4)ccc32)cc1Cl. The Kier molecular flexibility index (Phi) is 6.04. The molecule has 0 atom stereocenters. The molecule has 1 fully saturated rings. The summed E-state index contributed by atoms with van der Waals surface area (Å²) in [6, 6.07) is 10.4. The molecule has 1 aromatic heterocycles. The molecule has 0 unspecified atom stereocenters. The number of nitrogens with one attached hydrogen (secondary N) is 2. The Bertz CT molecular complexity index is 1220. The van der Waals surface area contributed by atoms with Crippen molar-refractivity contribution in [2.75, 3.05) is 5.32 Å². The molecule has 7 nitrogen and oxygen atoms in total. The molecule has 4 rings (SSSR count). The second-order valence-electron chi connectivity index (χ2n) is 7.85. The first kappa shape index (κ1) is 21.1. The van der Waals surface area contributed by atoms with Crippen LogP contribution in [0.4, 0.5) is 5.69 Å². The molecule has 2 amide bonds. The van der Waals surface area contributed by atoms with Crippen molar-refractivity contribution in [2.24, 2.45) is 0 Å². The van der Waals surface area contributed by atoms with E-state index < -0.39 is 5.56 Å².